The first kappa shape index (κ1) is 14.7. The van der Waals surface area contributed by atoms with Crippen LogP contribution in [0, 0.1) is 6.92 Å². The summed E-state index contributed by atoms with van der Waals surface area (Å²) in [4.78, 5) is 19.5. The number of hydrogen-bond donors (Lipinski definition) is 1. The zero-order valence-corrected chi connectivity index (χ0v) is 13.5. The molecule has 0 aliphatic carbocycles. The van der Waals surface area contributed by atoms with Crippen LogP contribution in [0.4, 0.5) is 0 Å². The molecule has 0 bridgehead atoms. The zero-order valence-electron chi connectivity index (χ0n) is 12.7. The lowest BCUT2D eigenvalue weighted by Crippen LogP contribution is -2.08. The quantitative estimate of drug-likeness (QED) is 0.594. The highest BCUT2D eigenvalue weighted by Crippen LogP contribution is 2.24. The average Bonchev–Trinajstić information content (AvgIpc) is 3.04. The second-order valence-corrected chi connectivity index (χ2v) is 5.97. The van der Waals surface area contributed by atoms with Gasteiger partial charge in [0.05, 0.1) is 0 Å². The summed E-state index contributed by atoms with van der Waals surface area (Å²) < 4.78 is 5.29. The number of fused-ring (bicyclic) bond motifs is 1. The van der Waals surface area contributed by atoms with Gasteiger partial charge in [-0.3, -0.25) is 4.79 Å². The predicted molar refractivity (Wildman–Crippen MR) is 93.0 cm³/mol. The second kappa shape index (κ2) is 5.62. The number of rotatable bonds is 2. The van der Waals surface area contributed by atoms with Gasteiger partial charge in [0.2, 0.25) is 5.82 Å². The monoisotopic (exact) mass is 337 g/mol. The highest BCUT2D eigenvalue weighted by atomic mass is 35.5. The summed E-state index contributed by atoms with van der Waals surface area (Å²) in [6.07, 6.45) is 0. The molecule has 24 heavy (non-hydrogen) atoms. The molecule has 4 rings (SSSR count). The van der Waals surface area contributed by atoms with Crippen molar-refractivity contribution in [2.24, 2.45) is 0 Å². The molecular formula is C18H12ClN3O2. The van der Waals surface area contributed by atoms with E-state index in [9.17, 15) is 4.79 Å². The largest absolute Gasteiger partial charge is 0.333 e. The van der Waals surface area contributed by atoms with Gasteiger partial charge < -0.3 is 9.51 Å². The Bertz CT molecular complexity index is 1110. The molecule has 0 radical (unpaired) electrons. The minimum Gasteiger partial charge on any atom is -0.333 e. The Balaban J connectivity index is 1.83. The first-order valence-electron chi connectivity index (χ1n) is 7.34. The number of aromatic amines is 1. The Labute approximate surface area is 141 Å². The van der Waals surface area contributed by atoms with E-state index in [1.807, 2.05) is 31.2 Å². The van der Waals surface area contributed by atoms with Crippen molar-refractivity contribution in [3.05, 3.63) is 69.5 Å². The van der Waals surface area contributed by atoms with Gasteiger partial charge in [-0.15, -0.1) is 0 Å². The molecule has 0 unspecified atom stereocenters. The van der Waals surface area contributed by atoms with E-state index in [-0.39, 0.29) is 11.4 Å². The van der Waals surface area contributed by atoms with Gasteiger partial charge in [0.1, 0.15) is 5.56 Å². The molecule has 2 aromatic carbocycles. The molecule has 0 saturated heterocycles. The molecule has 0 amide bonds. The van der Waals surface area contributed by atoms with Gasteiger partial charge in [0.15, 0.2) is 0 Å². The van der Waals surface area contributed by atoms with Crippen LogP contribution in [0.15, 0.2) is 57.8 Å². The first-order valence-corrected chi connectivity index (χ1v) is 7.72. The molecule has 0 aliphatic rings. The number of aromatic nitrogens is 3. The van der Waals surface area contributed by atoms with Gasteiger partial charge in [-0.05, 0) is 37.3 Å². The number of hydrogen-bond acceptors (Lipinski definition) is 4. The van der Waals surface area contributed by atoms with Crippen LogP contribution in [0.1, 0.15) is 5.56 Å². The summed E-state index contributed by atoms with van der Waals surface area (Å²) in [6, 6.07) is 14.7. The summed E-state index contributed by atoms with van der Waals surface area (Å²) in [7, 11) is 0. The summed E-state index contributed by atoms with van der Waals surface area (Å²) in [5.74, 6) is 0.619. The minimum absolute atomic E-state index is 0.176. The maximum absolute atomic E-state index is 12.3. The number of benzene rings is 2. The van der Waals surface area contributed by atoms with Gasteiger partial charge >= 0.3 is 0 Å². The van der Waals surface area contributed by atoms with E-state index in [0.29, 0.717) is 21.9 Å². The lowest BCUT2D eigenvalue weighted by molar-refractivity contribution is 0.432. The van der Waals surface area contributed by atoms with Crippen molar-refractivity contribution >= 4 is 22.5 Å². The van der Waals surface area contributed by atoms with Crippen LogP contribution in [0.5, 0.6) is 0 Å². The van der Waals surface area contributed by atoms with Crippen molar-refractivity contribution in [3.63, 3.8) is 0 Å². The molecule has 1 N–H and O–H groups in total. The van der Waals surface area contributed by atoms with Crippen LogP contribution in [-0.2, 0) is 0 Å². The first-order chi connectivity index (χ1) is 11.6. The fourth-order valence-corrected chi connectivity index (χ4v) is 2.75. The average molecular weight is 338 g/mol. The Morgan fingerprint density at radius 3 is 2.83 bits per heavy atom. The van der Waals surface area contributed by atoms with Crippen LogP contribution in [-0.4, -0.2) is 15.1 Å². The highest BCUT2D eigenvalue weighted by Gasteiger charge is 2.15. The van der Waals surface area contributed by atoms with Crippen molar-refractivity contribution in [2.75, 3.05) is 0 Å². The van der Waals surface area contributed by atoms with Crippen LogP contribution in [0.2, 0.25) is 5.02 Å². The summed E-state index contributed by atoms with van der Waals surface area (Å²) in [6.45, 7) is 1.99. The van der Waals surface area contributed by atoms with E-state index in [1.54, 1.807) is 24.3 Å². The van der Waals surface area contributed by atoms with Crippen LogP contribution in [0.3, 0.4) is 0 Å². The Morgan fingerprint density at radius 1 is 1.12 bits per heavy atom. The third kappa shape index (κ3) is 2.59. The fourth-order valence-electron chi connectivity index (χ4n) is 2.57. The predicted octanol–water partition coefficient (Wildman–Crippen LogP) is 4.21. The minimum atomic E-state index is -0.288. The second-order valence-electron chi connectivity index (χ2n) is 5.54. The zero-order chi connectivity index (χ0) is 16.7. The number of nitrogens with one attached hydrogen (secondary N) is 1. The van der Waals surface area contributed by atoms with Crippen molar-refractivity contribution in [2.45, 2.75) is 6.92 Å². The van der Waals surface area contributed by atoms with Crippen LogP contribution < -0.4 is 5.56 Å². The molecule has 4 aromatic rings. The molecule has 0 atom stereocenters. The summed E-state index contributed by atoms with van der Waals surface area (Å²) in [5.41, 5.74) is 2.66. The molecule has 0 fully saturated rings. The molecule has 6 heteroatoms. The van der Waals surface area contributed by atoms with Crippen molar-refractivity contribution in [3.8, 4) is 22.8 Å². The van der Waals surface area contributed by atoms with Crippen molar-refractivity contribution in [1.82, 2.24) is 15.1 Å². The number of halogens is 1. The van der Waals surface area contributed by atoms with Gasteiger partial charge in [-0.2, -0.15) is 4.98 Å². The maximum Gasteiger partial charge on any atom is 0.263 e. The van der Waals surface area contributed by atoms with Gasteiger partial charge in [0, 0.05) is 21.5 Å². The van der Waals surface area contributed by atoms with E-state index in [4.69, 9.17) is 16.1 Å². The lowest BCUT2D eigenvalue weighted by atomic mass is 10.1. The Hall–Kier alpha value is -2.92. The number of aryl methyl sites for hydroxylation is 1. The standard InChI is InChI=1S/C18H12ClN3O2/c1-10-3-2-4-11(7-10)16-21-18(24-22-16)14-9-12-8-13(19)5-6-15(12)20-17(14)23/h2-9H,1H3,(H,20,23). The molecule has 0 saturated carbocycles. The fraction of sp³-hybridized carbons (Fsp3) is 0.0556. The highest BCUT2D eigenvalue weighted by molar-refractivity contribution is 6.31. The van der Waals surface area contributed by atoms with Crippen molar-refractivity contribution in [1.29, 1.82) is 0 Å². The van der Waals surface area contributed by atoms with Gasteiger partial charge in [-0.1, -0.05) is 40.5 Å². The number of pyridine rings is 1. The van der Waals surface area contributed by atoms with Gasteiger partial charge in [0.25, 0.3) is 11.4 Å². The normalized spacial score (nSPS) is 11.1. The van der Waals surface area contributed by atoms with E-state index < -0.39 is 0 Å². The SMILES string of the molecule is Cc1cccc(-c2noc(-c3cc4cc(Cl)ccc4[nH]c3=O)n2)c1. The topological polar surface area (TPSA) is 71.8 Å². The molecule has 2 heterocycles. The maximum atomic E-state index is 12.3. The van der Waals surface area contributed by atoms with E-state index in [0.717, 1.165) is 16.5 Å². The summed E-state index contributed by atoms with van der Waals surface area (Å²) >= 11 is 6.01. The van der Waals surface area contributed by atoms with Gasteiger partial charge in [-0.25, -0.2) is 0 Å². The molecule has 0 aliphatic heterocycles. The molecule has 0 spiro atoms. The van der Waals surface area contributed by atoms with E-state index in [1.165, 1.54) is 0 Å². The molecule has 5 nitrogen and oxygen atoms in total. The van der Waals surface area contributed by atoms with E-state index in [2.05, 4.69) is 15.1 Å². The van der Waals surface area contributed by atoms with Crippen LogP contribution in [0.25, 0.3) is 33.7 Å². The molecular weight excluding hydrogens is 326 g/mol. The third-order valence-corrected chi connectivity index (χ3v) is 3.97. The van der Waals surface area contributed by atoms with E-state index >= 15 is 0 Å². The number of nitrogens with zero attached hydrogens (tertiary/aromatic N) is 2. The number of H-pyrrole nitrogens is 1. The Morgan fingerprint density at radius 2 is 2.00 bits per heavy atom. The third-order valence-electron chi connectivity index (χ3n) is 3.74. The molecule has 118 valence electrons. The van der Waals surface area contributed by atoms with Crippen LogP contribution >= 0.6 is 11.6 Å². The lowest BCUT2D eigenvalue weighted by Gasteiger charge is -2.00. The molecule has 2 aromatic heterocycles. The Kier molecular flexibility index (Phi) is 3.43. The summed E-state index contributed by atoms with van der Waals surface area (Å²) in [5, 5.41) is 5.37. The van der Waals surface area contributed by atoms with Crippen molar-refractivity contribution < 1.29 is 4.52 Å². The smallest absolute Gasteiger partial charge is 0.263 e.